The summed E-state index contributed by atoms with van der Waals surface area (Å²) in [6.45, 7) is 1.67. The zero-order valence-corrected chi connectivity index (χ0v) is 20.0. The Morgan fingerprint density at radius 1 is 1.30 bits per heavy atom. The molecule has 6 rings (SSSR count). The number of aromatic nitrogens is 4. The number of thiophene rings is 1. The van der Waals surface area contributed by atoms with E-state index >= 15 is 0 Å². The first kappa shape index (κ1) is 20.8. The third kappa shape index (κ3) is 3.55. The van der Waals surface area contributed by atoms with Crippen LogP contribution >= 0.6 is 22.9 Å². The first-order valence-corrected chi connectivity index (χ1v) is 12.3. The zero-order valence-electron chi connectivity index (χ0n) is 18.5. The largest absolute Gasteiger partial charge is 0.339 e. The van der Waals surface area contributed by atoms with Crippen molar-refractivity contribution in [2.75, 3.05) is 32.5 Å². The number of amides is 1. The minimum Gasteiger partial charge on any atom is -0.339 e. The Kier molecular flexibility index (Phi) is 5.01. The normalized spacial score (nSPS) is 18.7. The Morgan fingerprint density at radius 2 is 2.15 bits per heavy atom. The van der Waals surface area contributed by atoms with Gasteiger partial charge in [0.25, 0.3) is 0 Å². The molecule has 0 saturated carbocycles. The average molecular weight is 482 g/mol. The lowest BCUT2D eigenvalue weighted by molar-refractivity contribution is -0.142. The fourth-order valence-electron chi connectivity index (χ4n) is 4.80. The van der Waals surface area contributed by atoms with Crippen molar-refractivity contribution in [3.05, 3.63) is 46.3 Å². The molecule has 4 aromatic rings. The van der Waals surface area contributed by atoms with Crippen molar-refractivity contribution in [3.63, 3.8) is 0 Å². The Balaban J connectivity index is 1.27. The molecular formula is C23H24ClN7OS. The Morgan fingerprint density at radius 3 is 2.97 bits per heavy atom. The standard InChI is InChI=1S/C23H24ClN7OS/c1-29(2)15-9-30(10-15)23(32)13-3-4-16-19(7-13)33-22-20(16)21(25-12-26-22)28-18-8-14-5-6-27-31(14)11-17(18)24/h5-6,8,11-13,15H,3-4,7,9-10H2,1-2H3,(H,25,26,28). The summed E-state index contributed by atoms with van der Waals surface area (Å²) in [4.78, 5) is 28.5. The molecule has 2 aliphatic rings. The van der Waals surface area contributed by atoms with Gasteiger partial charge in [0.05, 0.1) is 21.6 Å². The number of halogens is 1. The van der Waals surface area contributed by atoms with Crippen LogP contribution in [0.4, 0.5) is 11.5 Å². The van der Waals surface area contributed by atoms with E-state index in [0.29, 0.717) is 17.0 Å². The van der Waals surface area contributed by atoms with Crippen molar-refractivity contribution in [2.45, 2.75) is 25.3 Å². The SMILES string of the molecule is CN(C)C1CN(C(=O)C2CCc3c(sc4ncnc(Nc5cc6ccnn6cc5Cl)c34)C2)C1. The number of pyridine rings is 1. The molecule has 0 spiro atoms. The summed E-state index contributed by atoms with van der Waals surface area (Å²) in [5.41, 5.74) is 2.99. The van der Waals surface area contributed by atoms with E-state index in [2.05, 4.69) is 39.4 Å². The van der Waals surface area contributed by atoms with Crippen LogP contribution in [0.5, 0.6) is 0 Å². The average Bonchev–Trinajstić information content (AvgIpc) is 3.36. The summed E-state index contributed by atoms with van der Waals surface area (Å²) in [5.74, 6) is 1.10. The third-order valence-electron chi connectivity index (χ3n) is 6.84. The van der Waals surface area contributed by atoms with Gasteiger partial charge >= 0.3 is 0 Å². The number of hydrogen-bond acceptors (Lipinski definition) is 7. The second-order valence-electron chi connectivity index (χ2n) is 9.07. The van der Waals surface area contributed by atoms with E-state index in [4.69, 9.17) is 11.6 Å². The van der Waals surface area contributed by atoms with Gasteiger partial charge in [-0.3, -0.25) is 4.79 Å². The highest BCUT2D eigenvalue weighted by molar-refractivity contribution is 7.19. The number of fused-ring (bicyclic) bond motifs is 4. The quantitative estimate of drug-likeness (QED) is 0.479. The molecule has 0 aromatic carbocycles. The highest BCUT2D eigenvalue weighted by atomic mass is 35.5. The molecule has 10 heteroatoms. The van der Waals surface area contributed by atoms with Gasteiger partial charge in [0, 0.05) is 42.3 Å². The van der Waals surface area contributed by atoms with Gasteiger partial charge in [0.1, 0.15) is 17.0 Å². The zero-order chi connectivity index (χ0) is 22.7. The van der Waals surface area contributed by atoms with Gasteiger partial charge in [0.15, 0.2) is 0 Å². The van der Waals surface area contributed by atoms with E-state index in [-0.39, 0.29) is 5.92 Å². The maximum Gasteiger partial charge on any atom is 0.226 e. The van der Waals surface area contributed by atoms with Crippen molar-refractivity contribution < 1.29 is 4.79 Å². The fourth-order valence-corrected chi connectivity index (χ4v) is 6.26. The molecule has 0 radical (unpaired) electrons. The number of aryl methyl sites for hydroxylation is 1. The van der Waals surface area contributed by atoms with Crippen molar-refractivity contribution in [3.8, 4) is 0 Å². The summed E-state index contributed by atoms with van der Waals surface area (Å²) in [5, 5.41) is 9.27. The molecule has 1 aliphatic heterocycles. The highest BCUT2D eigenvalue weighted by Gasteiger charge is 2.37. The second-order valence-corrected chi connectivity index (χ2v) is 10.6. The molecule has 170 valence electrons. The number of anilines is 2. The van der Waals surface area contributed by atoms with E-state index in [1.807, 2.05) is 17.0 Å². The van der Waals surface area contributed by atoms with Crippen LogP contribution in [0.15, 0.2) is 30.9 Å². The molecule has 33 heavy (non-hydrogen) atoms. The highest BCUT2D eigenvalue weighted by Crippen LogP contribution is 2.41. The van der Waals surface area contributed by atoms with Crippen LogP contribution in [0.1, 0.15) is 16.9 Å². The van der Waals surface area contributed by atoms with Crippen LogP contribution in [0, 0.1) is 5.92 Å². The Labute approximate surface area is 200 Å². The van der Waals surface area contributed by atoms with Gasteiger partial charge in [0.2, 0.25) is 5.91 Å². The van der Waals surface area contributed by atoms with Crippen LogP contribution < -0.4 is 5.32 Å². The molecule has 1 fully saturated rings. The summed E-state index contributed by atoms with van der Waals surface area (Å²) in [7, 11) is 4.15. The molecule has 1 aliphatic carbocycles. The molecule has 1 amide bonds. The van der Waals surface area contributed by atoms with E-state index in [0.717, 1.165) is 59.6 Å². The van der Waals surface area contributed by atoms with Crippen molar-refractivity contribution in [1.29, 1.82) is 0 Å². The van der Waals surface area contributed by atoms with Crippen LogP contribution in [0.25, 0.3) is 15.7 Å². The van der Waals surface area contributed by atoms with Crippen LogP contribution in [-0.4, -0.2) is 68.5 Å². The topological polar surface area (TPSA) is 78.7 Å². The van der Waals surface area contributed by atoms with E-state index in [1.54, 1.807) is 34.6 Å². The molecule has 1 saturated heterocycles. The molecule has 4 aromatic heterocycles. The summed E-state index contributed by atoms with van der Waals surface area (Å²) < 4.78 is 1.74. The number of carbonyl (C=O) groups is 1. The van der Waals surface area contributed by atoms with Crippen LogP contribution in [-0.2, 0) is 17.6 Å². The van der Waals surface area contributed by atoms with E-state index in [9.17, 15) is 4.79 Å². The molecule has 8 nitrogen and oxygen atoms in total. The lowest BCUT2D eigenvalue weighted by Gasteiger charge is -2.44. The van der Waals surface area contributed by atoms with Gasteiger partial charge in [-0.2, -0.15) is 5.10 Å². The van der Waals surface area contributed by atoms with Gasteiger partial charge in [-0.05, 0) is 51.1 Å². The number of nitrogens with one attached hydrogen (secondary N) is 1. The maximum atomic E-state index is 13.1. The molecular weight excluding hydrogens is 458 g/mol. The Hall–Kier alpha value is -2.75. The van der Waals surface area contributed by atoms with Crippen molar-refractivity contribution >= 4 is 56.1 Å². The predicted octanol–water partition coefficient (Wildman–Crippen LogP) is 3.61. The van der Waals surface area contributed by atoms with E-state index in [1.165, 1.54) is 10.4 Å². The molecule has 0 bridgehead atoms. The number of hydrogen-bond donors (Lipinski definition) is 1. The second kappa shape index (κ2) is 7.93. The molecule has 1 unspecified atom stereocenters. The van der Waals surface area contributed by atoms with Gasteiger partial charge < -0.3 is 15.1 Å². The minimum absolute atomic E-state index is 0.0526. The first-order chi connectivity index (χ1) is 16.0. The number of likely N-dealkylation sites (tertiary alicyclic amines) is 1. The van der Waals surface area contributed by atoms with Crippen LogP contribution in [0.2, 0.25) is 5.02 Å². The lowest BCUT2D eigenvalue weighted by Crippen LogP contribution is -2.60. The molecule has 1 N–H and O–H groups in total. The lowest BCUT2D eigenvalue weighted by atomic mass is 9.86. The summed E-state index contributed by atoms with van der Waals surface area (Å²) in [6.07, 6.45) is 7.60. The number of carbonyl (C=O) groups excluding carboxylic acids is 1. The van der Waals surface area contributed by atoms with Gasteiger partial charge in [-0.15, -0.1) is 11.3 Å². The summed E-state index contributed by atoms with van der Waals surface area (Å²) >= 11 is 8.18. The predicted molar refractivity (Wildman–Crippen MR) is 130 cm³/mol. The Bertz CT molecular complexity index is 1370. The first-order valence-electron chi connectivity index (χ1n) is 11.1. The fraction of sp³-hybridized carbons (Fsp3) is 0.391. The third-order valence-corrected chi connectivity index (χ3v) is 8.30. The van der Waals surface area contributed by atoms with E-state index < -0.39 is 0 Å². The van der Waals surface area contributed by atoms with Gasteiger partial charge in [-0.1, -0.05) is 11.6 Å². The molecule has 1 atom stereocenters. The maximum absolute atomic E-state index is 13.1. The van der Waals surface area contributed by atoms with Crippen LogP contribution in [0.3, 0.4) is 0 Å². The van der Waals surface area contributed by atoms with Crippen molar-refractivity contribution in [1.82, 2.24) is 29.4 Å². The minimum atomic E-state index is 0.0526. The van der Waals surface area contributed by atoms with Crippen molar-refractivity contribution in [2.24, 2.45) is 5.92 Å². The monoisotopic (exact) mass is 481 g/mol. The summed E-state index contributed by atoms with van der Waals surface area (Å²) in [6, 6.07) is 4.37. The van der Waals surface area contributed by atoms with Gasteiger partial charge in [-0.25, -0.2) is 14.5 Å². The molecule has 5 heterocycles. The number of nitrogens with zero attached hydrogens (tertiary/aromatic N) is 6. The number of rotatable bonds is 4. The smallest absolute Gasteiger partial charge is 0.226 e. The number of likely N-dealkylation sites (N-methyl/N-ethyl adjacent to an activating group) is 1.